The molecule has 0 aliphatic carbocycles. The van der Waals surface area contributed by atoms with Crippen molar-refractivity contribution in [2.45, 2.75) is 29.7 Å². The van der Waals surface area contributed by atoms with Crippen LogP contribution in [0.15, 0.2) is 112 Å². The van der Waals surface area contributed by atoms with Gasteiger partial charge in [0.05, 0.1) is 16.0 Å². The van der Waals surface area contributed by atoms with Gasteiger partial charge in [-0.05, 0) is 56.3 Å². The second-order valence-electron chi connectivity index (χ2n) is 9.85. The molecule has 12 heteroatoms. The average Bonchev–Trinajstić information content (AvgIpc) is 3.30. The number of sulfonamides is 2. The van der Waals surface area contributed by atoms with Crippen LogP contribution in [0.2, 0.25) is 0 Å². The number of carbonyl (C=O) groups excluding carboxylic acids is 1. The van der Waals surface area contributed by atoms with Gasteiger partial charge >= 0.3 is 0 Å². The minimum absolute atomic E-state index is 0.0130. The summed E-state index contributed by atoms with van der Waals surface area (Å²) in [6.07, 6.45) is 1.50. The Bertz CT molecular complexity index is 1810. The molecule has 0 bridgehead atoms. The third kappa shape index (κ3) is 5.79. The summed E-state index contributed by atoms with van der Waals surface area (Å²) >= 11 is 0. The SMILES string of the molecule is Cc1cc(/C=N\NC(=O)[C@@H]2CN(S(=O)(=O)c3ccccc3)CCN2S(=O)(=O)c2ccccc2)c(C)n1-c1ccccc1. The lowest BCUT2D eigenvalue weighted by molar-refractivity contribution is -0.125. The molecule has 218 valence electrons. The van der Waals surface area contributed by atoms with Crippen LogP contribution in [0, 0.1) is 13.8 Å². The van der Waals surface area contributed by atoms with Crippen molar-refractivity contribution >= 4 is 32.2 Å². The standard InChI is InChI=1S/C30H31N5O5S2/c1-23-20-25(24(2)35(23)26-12-6-3-7-13-26)21-31-32-30(36)29-22-33(41(37,38)27-14-8-4-9-15-27)18-19-34(29)42(39,40)28-16-10-5-11-17-28/h3-17,20-21,29H,18-19,22H2,1-2H3,(H,32,36)/b31-21-/t29-/m0/s1. The van der Waals surface area contributed by atoms with Crippen molar-refractivity contribution in [3.05, 3.63) is 114 Å². The molecule has 0 radical (unpaired) electrons. The minimum Gasteiger partial charge on any atom is -0.318 e. The summed E-state index contributed by atoms with van der Waals surface area (Å²) in [6, 6.07) is 26.0. The van der Waals surface area contributed by atoms with Crippen LogP contribution in [0.1, 0.15) is 17.0 Å². The van der Waals surface area contributed by atoms with Gasteiger partial charge in [0.1, 0.15) is 6.04 Å². The maximum absolute atomic E-state index is 13.6. The molecule has 1 saturated heterocycles. The van der Waals surface area contributed by atoms with Crippen molar-refractivity contribution in [2.75, 3.05) is 19.6 Å². The first kappa shape index (κ1) is 29.4. The molecule has 2 heterocycles. The molecule has 1 fully saturated rings. The van der Waals surface area contributed by atoms with Crippen LogP contribution < -0.4 is 5.43 Å². The lowest BCUT2D eigenvalue weighted by atomic mass is 10.2. The number of amides is 1. The van der Waals surface area contributed by atoms with Crippen LogP contribution in [0.25, 0.3) is 5.69 Å². The Labute approximate surface area is 246 Å². The largest absolute Gasteiger partial charge is 0.318 e. The zero-order valence-electron chi connectivity index (χ0n) is 23.2. The number of hydrogen-bond acceptors (Lipinski definition) is 6. The molecule has 1 atom stereocenters. The van der Waals surface area contributed by atoms with E-state index in [0.717, 1.165) is 31.2 Å². The summed E-state index contributed by atoms with van der Waals surface area (Å²) in [6.45, 7) is 3.22. The van der Waals surface area contributed by atoms with E-state index >= 15 is 0 Å². The monoisotopic (exact) mass is 605 g/mol. The average molecular weight is 606 g/mol. The number of nitrogens with zero attached hydrogens (tertiary/aromatic N) is 4. The number of aromatic nitrogens is 1. The van der Waals surface area contributed by atoms with E-state index in [4.69, 9.17) is 0 Å². The van der Waals surface area contributed by atoms with Gasteiger partial charge in [-0.25, -0.2) is 22.3 Å². The molecular formula is C30H31N5O5S2. The highest BCUT2D eigenvalue weighted by atomic mass is 32.2. The van der Waals surface area contributed by atoms with Gasteiger partial charge in [0.25, 0.3) is 5.91 Å². The Hall–Kier alpha value is -4.10. The van der Waals surface area contributed by atoms with E-state index in [0.29, 0.717) is 0 Å². The molecule has 0 unspecified atom stereocenters. The van der Waals surface area contributed by atoms with Gasteiger partial charge in [-0.2, -0.15) is 13.7 Å². The highest BCUT2D eigenvalue weighted by Gasteiger charge is 2.43. The van der Waals surface area contributed by atoms with Crippen molar-refractivity contribution in [3.63, 3.8) is 0 Å². The Morgan fingerprint density at radius 3 is 1.95 bits per heavy atom. The first-order chi connectivity index (χ1) is 20.1. The molecule has 1 aliphatic heterocycles. The molecule has 0 saturated carbocycles. The van der Waals surface area contributed by atoms with Crippen LogP contribution in [0.3, 0.4) is 0 Å². The molecule has 1 N–H and O–H groups in total. The fourth-order valence-electron chi connectivity index (χ4n) is 5.06. The first-order valence-corrected chi connectivity index (χ1v) is 16.2. The minimum atomic E-state index is -4.11. The number of para-hydroxylation sites is 1. The molecule has 0 spiro atoms. The summed E-state index contributed by atoms with van der Waals surface area (Å²) in [7, 11) is -8.08. The fourth-order valence-corrected chi connectivity index (χ4v) is 8.11. The number of nitrogens with one attached hydrogen (secondary N) is 1. The second kappa shape index (κ2) is 12.0. The highest BCUT2D eigenvalue weighted by molar-refractivity contribution is 7.89. The summed E-state index contributed by atoms with van der Waals surface area (Å²) in [5.74, 6) is -0.740. The maximum atomic E-state index is 13.6. The fraction of sp³-hybridized carbons (Fsp3) is 0.200. The normalized spacial score (nSPS) is 17.0. The van der Waals surface area contributed by atoms with Gasteiger partial charge in [-0.15, -0.1) is 0 Å². The molecule has 1 amide bonds. The van der Waals surface area contributed by atoms with Crippen LogP contribution in [0.4, 0.5) is 0 Å². The number of rotatable bonds is 8. The van der Waals surface area contributed by atoms with Gasteiger partial charge in [0.15, 0.2) is 0 Å². The predicted octanol–water partition coefficient (Wildman–Crippen LogP) is 3.31. The van der Waals surface area contributed by atoms with E-state index in [9.17, 15) is 21.6 Å². The molecular weight excluding hydrogens is 574 g/mol. The lowest BCUT2D eigenvalue weighted by Gasteiger charge is -2.38. The summed E-state index contributed by atoms with van der Waals surface area (Å²) in [5, 5.41) is 4.13. The van der Waals surface area contributed by atoms with E-state index in [1.165, 1.54) is 30.5 Å². The number of benzene rings is 3. The predicted molar refractivity (Wildman–Crippen MR) is 160 cm³/mol. The second-order valence-corrected chi connectivity index (χ2v) is 13.7. The van der Waals surface area contributed by atoms with Crippen molar-refractivity contribution in [1.82, 2.24) is 18.6 Å². The molecule has 10 nitrogen and oxygen atoms in total. The first-order valence-electron chi connectivity index (χ1n) is 13.3. The molecule has 5 rings (SSSR count). The van der Waals surface area contributed by atoms with E-state index in [2.05, 4.69) is 15.1 Å². The van der Waals surface area contributed by atoms with Gasteiger partial charge in [0, 0.05) is 42.3 Å². The Morgan fingerprint density at radius 1 is 0.810 bits per heavy atom. The highest BCUT2D eigenvalue weighted by Crippen LogP contribution is 2.25. The Balaban J connectivity index is 1.42. The number of aryl methyl sites for hydroxylation is 1. The van der Waals surface area contributed by atoms with E-state index in [1.807, 2.05) is 50.2 Å². The third-order valence-corrected chi connectivity index (χ3v) is 11.0. The summed E-state index contributed by atoms with van der Waals surface area (Å²) in [5.41, 5.74) is 6.09. The maximum Gasteiger partial charge on any atom is 0.259 e. The zero-order chi connectivity index (χ0) is 29.9. The molecule has 4 aromatic rings. The van der Waals surface area contributed by atoms with Gasteiger partial charge in [-0.1, -0.05) is 54.6 Å². The Morgan fingerprint density at radius 2 is 1.36 bits per heavy atom. The van der Waals surface area contributed by atoms with Crippen LogP contribution in [-0.4, -0.2) is 67.8 Å². The van der Waals surface area contributed by atoms with E-state index < -0.39 is 32.0 Å². The summed E-state index contributed by atoms with van der Waals surface area (Å²) < 4.78 is 58.1. The summed E-state index contributed by atoms with van der Waals surface area (Å²) in [4.78, 5) is 13.6. The van der Waals surface area contributed by atoms with Crippen LogP contribution in [0.5, 0.6) is 0 Å². The Kier molecular flexibility index (Phi) is 8.41. The zero-order valence-corrected chi connectivity index (χ0v) is 24.8. The van der Waals surface area contributed by atoms with Crippen molar-refractivity contribution < 1.29 is 21.6 Å². The van der Waals surface area contributed by atoms with Crippen molar-refractivity contribution in [3.8, 4) is 5.69 Å². The van der Waals surface area contributed by atoms with Gasteiger partial charge in [-0.3, -0.25) is 4.79 Å². The van der Waals surface area contributed by atoms with Crippen molar-refractivity contribution in [1.29, 1.82) is 0 Å². The van der Waals surface area contributed by atoms with Gasteiger partial charge in [0.2, 0.25) is 20.0 Å². The number of piperazine rings is 1. The van der Waals surface area contributed by atoms with Gasteiger partial charge < -0.3 is 4.57 Å². The number of hydrazone groups is 1. The quantitative estimate of drug-likeness (QED) is 0.244. The topological polar surface area (TPSA) is 121 Å². The molecule has 3 aromatic carbocycles. The molecule has 42 heavy (non-hydrogen) atoms. The van der Waals surface area contributed by atoms with E-state index in [1.54, 1.807) is 36.4 Å². The molecule has 1 aliphatic rings. The van der Waals surface area contributed by atoms with E-state index in [-0.39, 0.29) is 29.4 Å². The molecule has 1 aromatic heterocycles. The smallest absolute Gasteiger partial charge is 0.259 e. The van der Waals surface area contributed by atoms with Crippen LogP contribution in [-0.2, 0) is 24.8 Å². The third-order valence-electron chi connectivity index (χ3n) is 7.19. The number of hydrogen-bond donors (Lipinski definition) is 1. The lowest BCUT2D eigenvalue weighted by Crippen LogP contribution is -2.60. The van der Waals surface area contributed by atoms with Crippen LogP contribution >= 0.6 is 0 Å². The number of carbonyl (C=O) groups is 1. The van der Waals surface area contributed by atoms with Crippen molar-refractivity contribution in [2.24, 2.45) is 5.10 Å².